The van der Waals surface area contributed by atoms with E-state index in [1.807, 2.05) is 30.3 Å². The molecule has 1 atom stereocenters. The molecule has 0 spiro atoms. The van der Waals surface area contributed by atoms with E-state index in [0.29, 0.717) is 5.75 Å². The third-order valence-electron chi connectivity index (χ3n) is 4.96. The zero-order valence-electron chi connectivity index (χ0n) is 14.5. The Labute approximate surface area is 153 Å². The molecule has 5 heteroatoms. The van der Waals surface area contributed by atoms with Gasteiger partial charge < -0.3 is 5.11 Å². The van der Waals surface area contributed by atoms with Gasteiger partial charge in [-0.3, -0.25) is 0 Å². The van der Waals surface area contributed by atoms with Crippen LogP contribution in [0.15, 0.2) is 60.7 Å². The SMILES string of the molecule is CCN1CN2C(=[N+](Cc3ccccc3)C1)SCC2(O)c1ccccc1. The summed E-state index contributed by atoms with van der Waals surface area (Å²) in [7, 11) is 0. The van der Waals surface area contributed by atoms with Crippen molar-refractivity contribution in [1.29, 1.82) is 0 Å². The Hall–Kier alpha value is -1.82. The summed E-state index contributed by atoms with van der Waals surface area (Å²) in [5, 5.41) is 12.7. The lowest BCUT2D eigenvalue weighted by molar-refractivity contribution is -0.576. The zero-order chi connectivity index (χ0) is 17.3. The maximum absolute atomic E-state index is 11.5. The van der Waals surface area contributed by atoms with Gasteiger partial charge in [0.1, 0.15) is 19.9 Å². The van der Waals surface area contributed by atoms with E-state index in [4.69, 9.17) is 0 Å². The van der Waals surface area contributed by atoms with Gasteiger partial charge in [-0.05, 0) is 17.3 Å². The Bertz CT molecular complexity index is 765. The molecule has 2 heterocycles. The quantitative estimate of drug-likeness (QED) is 0.855. The van der Waals surface area contributed by atoms with Gasteiger partial charge in [-0.1, -0.05) is 67.6 Å². The number of aliphatic hydroxyl groups is 1. The van der Waals surface area contributed by atoms with Crippen molar-refractivity contribution in [2.24, 2.45) is 0 Å². The second-order valence-corrected chi connectivity index (χ2v) is 7.58. The van der Waals surface area contributed by atoms with Crippen molar-refractivity contribution < 1.29 is 9.68 Å². The maximum Gasteiger partial charge on any atom is 0.313 e. The third kappa shape index (κ3) is 3.08. The van der Waals surface area contributed by atoms with E-state index in [0.717, 1.165) is 32.0 Å². The Morgan fingerprint density at radius 1 is 1.08 bits per heavy atom. The van der Waals surface area contributed by atoms with Crippen LogP contribution >= 0.6 is 11.8 Å². The standard InChI is InChI=1S/C20H24N3OS/c1-2-21-15-22(13-17-9-5-3-6-10-17)19-23(16-21)20(24,14-25-19)18-11-7-4-8-12-18/h3-12,24H,2,13-16H2,1H3/q+1. The van der Waals surface area contributed by atoms with E-state index in [-0.39, 0.29) is 0 Å². The Morgan fingerprint density at radius 2 is 1.76 bits per heavy atom. The van der Waals surface area contributed by atoms with E-state index in [9.17, 15) is 5.11 Å². The van der Waals surface area contributed by atoms with E-state index in [1.165, 1.54) is 10.7 Å². The molecule has 2 aromatic rings. The fraction of sp³-hybridized carbons (Fsp3) is 0.350. The van der Waals surface area contributed by atoms with E-state index < -0.39 is 5.72 Å². The van der Waals surface area contributed by atoms with Crippen LogP contribution in [-0.4, -0.2) is 50.3 Å². The van der Waals surface area contributed by atoms with E-state index in [2.05, 4.69) is 51.6 Å². The second-order valence-electron chi connectivity index (χ2n) is 6.64. The molecule has 4 nitrogen and oxygen atoms in total. The Kier molecular flexibility index (Phi) is 4.54. The molecule has 25 heavy (non-hydrogen) atoms. The van der Waals surface area contributed by atoms with Gasteiger partial charge in [-0.2, -0.15) is 0 Å². The number of thioether (sulfide) groups is 1. The highest BCUT2D eigenvalue weighted by molar-refractivity contribution is 8.13. The average Bonchev–Trinajstić information content (AvgIpc) is 3.02. The fourth-order valence-corrected chi connectivity index (χ4v) is 4.85. The van der Waals surface area contributed by atoms with E-state index >= 15 is 0 Å². The monoisotopic (exact) mass is 354 g/mol. The minimum Gasteiger partial charge on any atom is -0.349 e. The molecule has 2 aliphatic rings. The van der Waals surface area contributed by atoms with Gasteiger partial charge >= 0.3 is 5.17 Å². The number of amidine groups is 1. The van der Waals surface area contributed by atoms with Crippen LogP contribution in [-0.2, 0) is 12.3 Å². The van der Waals surface area contributed by atoms with Crippen molar-refractivity contribution in [2.75, 3.05) is 25.6 Å². The lowest BCUT2D eigenvalue weighted by Gasteiger charge is -2.36. The van der Waals surface area contributed by atoms with Gasteiger partial charge in [0.15, 0.2) is 0 Å². The highest BCUT2D eigenvalue weighted by Crippen LogP contribution is 2.40. The molecule has 1 N–H and O–H groups in total. The van der Waals surface area contributed by atoms with Crippen LogP contribution in [0.1, 0.15) is 18.1 Å². The van der Waals surface area contributed by atoms with Crippen LogP contribution in [0.3, 0.4) is 0 Å². The molecule has 2 aliphatic heterocycles. The first-order valence-corrected chi connectivity index (χ1v) is 9.76. The summed E-state index contributed by atoms with van der Waals surface area (Å²) in [6.07, 6.45) is 0. The highest BCUT2D eigenvalue weighted by Gasteiger charge is 2.54. The van der Waals surface area contributed by atoms with Crippen molar-refractivity contribution in [1.82, 2.24) is 9.80 Å². The molecule has 4 rings (SSSR count). The largest absolute Gasteiger partial charge is 0.349 e. The van der Waals surface area contributed by atoms with Crippen molar-refractivity contribution >= 4 is 16.9 Å². The van der Waals surface area contributed by atoms with Gasteiger partial charge in [-0.15, -0.1) is 0 Å². The molecular weight excluding hydrogens is 330 g/mol. The summed E-state index contributed by atoms with van der Waals surface area (Å²) >= 11 is 1.76. The molecule has 0 saturated carbocycles. The number of hydrogen-bond acceptors (Lipinski definition) is 4. The average molecular weight is 354 g/mol. The lowest BCUT2D eigenvalue weighted by Crippen LogP contribution is -2.57. The van der Waals surface area contributed by atoms with Crippen molar-refractivity contribution in [2.45, 2.75) is 19.2 Å². The van der Waals surface area contributed by atoms with Crippen molar-refractivity contribution in [3.63, 3.8) is 0 Å². The molecule has 0 amide bonds. The first kappa shape index (κ1) is 16.6. The normalized spacial score (nSPS) is 23.8. The Morgan fingerprint density at radius 3 is 2.44 bits per heavy atom. The molecule has 1 unspecified atom stereocenters. The Balaban J connectivity index is 1.71. The van der Waals surface area contributed by atoms with Crippen LogP contribution in [0.4, 0.5) is 0 Å². The first-order valence-electron chi connectivity index (χ1n) is 8.77. The summed E-state index contributed by atoms with van der Waals surface area (Å²) in [6, 6.07) is 20.6. The van der Waals surface area contributed by atoms with Crippen LogP contribution in [0.2, 0.25) is 0 Å². The maximum atomic E-state index is 11.5. The molecule has 0 radical (unpaired) electrons. The minimum absolute atomic E-state index is 0.662. The van der Waals surface area contributed by atoms with Crippen molar-refractivity contribution in [3.05, 3.63) is 71.8 Å². The molecule has 2 aromatic carbocycles. The summed E-state index contributed by atoms with van der Waals surface area (Å²) in [6.45, 7) is 5.66. The van der Waals surface area contributed by atoms with Crippen molar-refractivity contribution in [3.8, 4) is 0 Å². The van der Waals surface area contributed by atoms with Crippen LogP contribution in [0.25, 0.3) is 0 Å². The predicted octanol–water partition coefficient (Wildman–Crippen LogP) is 2.70. The van der Waals surface area contributed by atoms with Crippen LogP contribution in [0.5, 0.6) is 0 Å². The second kappa shape index (κ2) is 6.83. The summed E-state index contributed by atoms with van der Waals surface area (Å²) in [5.74, 6) is 0.662. The first-order chi connectivity index (χ1) is 12.2. The number of nitrogens with zero attached hydrogens (tertiary/aromatic N) is 3. The molecule has 1 fully saturated rings. The highest BCUT2D eigenvalue weighted by atomic mass is 32.2. The number of benzene rings is 2. The predicted molar refractivity (Wildman–Crippen MR) is 102 cm³/mol. The lowest BCUT2D eigenvalue weighted by atomic mass is 10.0. The molecule has 0 aliphatic carbocycles. The van der Waals surface area contributed by atoms with Crippen LogP contribution < -0.4 is 0 Å². The minimum atomic E-state index is -0.940. The number of rotatable bonds is 4. The fourth-order valence-electron chi connectivity index (χ4n) is 3.53. The van der Waals surface area contributed by atoms with Gasteiger partial charge in [-0.25, -0.2) is 14.4 Å². The summed E-state index contributed by atoms with van der Waals surface area (Å²) < 4.78 is 2.38. The van der Waals surface area contributed by atoms with Gasteiger partial charge in [0.25, 0.3) is 0 Å². The topological polar surface area (TPSA) is 29.7 Å². The molecule has 0 aromatic heterocycles. The molecule has 1 saturated heterocycles. The van der Waals surface area contributed by atoms with Gasteiger partial charge in [0.2, 0.25) is 5.72 Å². The molecular formula is C20H24N3OS+. The summed E-state index contributed by atoms with van der Waals surface area (Å²) in [4.78, 5) is 4.54. The zero-order valence-corrected chi connectivity index (χ0v) is 15.3. The smallest absolute Gasteiger partial charge is 0.313 e. The molecule has 130 valence electrons. The molecule has 0 bridgehead atoms. The number of fused-ring (bicyclic) bond motifs is 1. The van der Waals surface area contributed by atoms with Gasteiger partial charge in [0.05, 0.1) is 5.75 Å². The van der Waals surface area contributed by atoms with E-state index in [1.54, 1.807) is 11.8 Å². The summed E-state index contributed by atoms with van der Waals surface area (Å²) in [5.41, 5.74) is 1.32. The van der Waals surface area contributed by atoms with Gasteiger partial charge in [0, 0.05) is 12.1 Å². The van der Waals surface area contributed by atoms with Crippen LogP contribution in [0, 0.1) is 0 Å². The number of hydrogen-bond donors (Lipinski definition) is 1. The third-order valence-corrected chi connectivity index (χ3v) is 6.25.